The molecule has 17 heavy (non-hydrogen) atoms. The molecule has 0 heterocycles. The van der Waals surface area contributed by atoms with Crippen LogP contribution >= 0.6 is 0 Å². The van der Waals surface area contributed by atoms with E-state index in [1.807, 2.05) is 6.92 Å². The molecule has 0 aromatic carbocycles. The lowest BCUT2D eigenvalue weighted by molar-refractivity contribution is -0.161. The summed E-state index contributed by atoms with van der Waals surface area (Å²) in [5.41, 5.74) is -1.07. The van der Waals surface area contributed by atoms with Crippen molar-refractivity contribution in [2.75, 3.05) is 13.7 Å². The number of nitrogens with zero attached hydrogens (tertiary/aromatic N) is 1. The van der Waals surface area contributed by atoms with Crippen molar-refractivity contribution in [1.82, 2.24) is 4.90 Å². The van der Waals surface area contributed by atoms with E-state index in [2.05, 4.69) is 0 Å². The van der Waals surface area contributed by atoms with Gasteiger partial charge in [-0.1, -0.05) is 6.92 Å². The first-order chi connectivity index (χ1) is 8.10. The normalized spacial score (nSPS) is 28.7. The van der Waals surface area contributed by atoms with Crippen LogP contribution in [0.1, 0.15) is 39.0 Å². The number of carboxylic acids is 1. The molecule has 0 aromatic heterocycles. The molecule has 0 bridgehead atoms. The van der Waals surface area contributed by atoms with E-state index in [0.29, 0.717) is 25.8 Å². The van der Waals surface area contributed by atoms with Crippen molar-refractivity contribution in [2.24, 2.45) is 0 Å². The highest BCUT2D eigenvalue weighted by Gasteiger charge is 2.47. The molecule has 0 radical (unpaired) electrons. The molecule has 5 nitrogen and oxygen atoms in total. The van der Waals surface area contributed by atoms with Crippen molar-refractivity contribution >= 4 is 12.4 Å². The second-order valence-corrected chi connectivity index (χ2v) is 4.59. The van der Waals surface area contributed by atoms with Crippen molar-refractivity contribution in [3.05, 3.63) is 0 Å². The molecule has 0 aromatic rings. The molecule has 1 aliphatic rings. The summed E-state index contributed by atoms with van der Waals surface area (Å²) in [7, 11) is 1.59. The van der Waals surface area contributed by atoms with Gasteiger partial charge in [0.1, 0.15) is 5.54 Å². The fraction of sp³-hybridized carbons (Fsp3) is 0.833. The number of aliphatic carboxylic acids is 1. The predicted molar refractivity (Wildman–Crippen MR) is 62.7 cm³/mol. The lowest BCUT2D eigenvalue weighted by Gasteiger charge is -2.43. The molecular weight excluding hydrogens is 222 g/mol. The highest BCUT2D eigenvalue weighted by Crippen LogP contribution is 2.34. The summed E-state index contributed by atoms with van der Waals surface area (Å²) in [5.74, 6) is -0.917. The summed E-state index contributed by atoms with van der Waals surface area (Å²) in [4.78, 5) is 24.1. The number of carbonyl (C=O) groups is 2. The summed E-state index contributed by atoms with van der Waals surface area (Å²) in [6.45, 7) is 2.41. The molecule has 1 N–H and O–H groups in total. The molecule has 1 fully saturated rings. The zero-order valence-corrected chi connectivity index (χ0v) is 10.5. The van der Waals surface area contributed by atoms with E-state index in [1.165, 1.54) is 4.90 Å². The Balaban J connectivity index is 2.94. The maximum Gasteiger partial charge on any atom is 0.329 e. The van der Waals surface area contributed by atoms with Crippen molar-refractivity contribution in [2.45, 2.75) is 50.7 Å². The minimum absolute atomic E-state index is 0.0702. The number of rotatable bonds is 6. The number of carbonyl (C=O) groups excluding carboxylic acids is 1. The van der Waals surface area contributed by atoms with Crippen molar-refractivity contribution in [3.8, 4) is 0 Å². The van der Waals surface area contributed by atoms with Gasteiger partial charge in [-0.15, -0.1) is 0 Å². The minimum atomic E-state index is -1.07. The Hall–Kier alpha value is -1.10. The number of hydrogen-bond donors (Lipinski definition) is 1. The van der Waals surface area contributed by atoms with Crippen LogP contribution in [-0.2, 0) is 14.3 Å². The van der Waals surface area contributed by atoms with Crippen LogP contribution in [0.25, 0.3) is 0 Å². The third kappa shape index (κ3) is 2.77. The van der Waals surface area contributed by atoms with Gasteiger partial charge in [-0.05, 0) is 25.7 Å². The van der Waals surface area contributed by atoms with Gasteiger partial charge in [0.25, 0.3) is 0 Å². The second-order valence-electron chi connectivity index (χ2n) is 4.59. The quantitative estimate of drug-likeness (QED) is 0.713. The Morgan fingerprint density at radius 1 is 1.65 bits per heavy atom. The van der Waals surface area contributed by atoms with E-state index in [4.69, 9.17) is 4.74 Å². The van der Waals surface area contributed by atoms with Gasteiger partial charge in [0.2, 0.25) is 6.41 Å². The van der Waals surface area contributed by atoms with Gasteiger partial charge < -0.3 is 14.7 Å². The Labute approximate surface area is 102 Å². The van der Waals surface area contributed by atoms with Gasteiger partial charge in [-0.3, -0.25) is 4.79 Å². The zero-order valence-electron chi connectivity index (χ0n) is 10.5. The van der Waals surface area contributed by atoms with Crippen LogP contribution in [-0.4, -0.2) is 47.7 Å². The molecule has 0 saturated heterocycles. The number of methoxy groups -OCH3 is 1. The zero-order chi connectivity index (χ0) is 12.9. The molecule has 1 rings (SSSR count). The summed E-state index contributed by atoms with van der Waals surface area (Å²) in [6, 6.07) is 0. The Bertz CT molecular complexity index is 282. The topological polar surface area (TPSA) is 66.8 Å². The van der Waals surface area contributed by atoms with Gasteiger partial charge in [0, 0.05) is 20.1 Å². The summed E-state index contributed by atoms with van der Waals surface area (Å²) in [5, 5.41) is 9.47. The average molecular weight is 243 g/mol. The number of carboxylic acid groups (broad SMARTS) is 1. The molecular formula is C12H21NO4. The molecule has 1 amide bonds. The lowest BCUT2D eigenvalue weighted by Crippen LogP contribution is -2.58. The van der Waals surface area contributed by atoms with Crippen LogP contribution in [0.3, 0.4) is 0 Å². The maximum absolute atomic E-state index is 11.6. The molecule has 0 aliphatic heterocycles. The van der Waals surface area contributed by atoms with Crippen LogP contribution < -0.4 is 0 Å². The Morgan fingerprint density at radius 3 is 2.82 bits per heavy atom. The molecule has 1 aliphatic carbocycles. The van der Waals surface area contributed by atoms with Crippen LogP contribution in [0.15, 0.2) is 0 Å². The predicted octanol–water partition coefficient (Wildman–Crippen LogP) is 1.27. The average Bonchev–Trinajstić information content (AvgIpc) is 2.35. The molecule has 2 unspecified atom stereocenters. The fourth-order valence-corrected chi connectivity index (χ4v) is 2.59. The van der Waals surface area contributed by atoms with Gasteiger partial charge in [-0.25, -0.2) is 4.79 Å². The van der Waals surface area contributed by atoms with E-state index < -0.39 is 11.5 Å². The molecule has 5 heteroatoms. The standard InChI is InChI=1S/C12H21NO4/c1-3-7-13(9-14)12(11(15)16)6-4-5-10(8-12)17-2/h9-10H,3-8H2,1-2H3,(H,15,16). The second kappa shape index (κ2) is 6.00. The molecule has 98 valence electrons. The van der Waals surface area contributed by atoms with Crippen LogP contribution in [0, 0.1) is 0 Å². The van der Waals surface area contributed by atoms with Crippen molar-refractivity contribution in [3.63, 3.8) is 0 Å². The first-order valence-electron chi connectivity index (χ1n) is 6.09. The fourth-order valence-electron chi connectivity index (χ4n) is 2.59. The highest BCUT2D eigenvalue weighted by molar-refractivity contribution is 5.81. The van der Waals surface area contributed by atoms with Gasteiger partial charge in [0.15, 0.2) is 0 Å². The lowest BCUT2D eigenvalue weighted by atomic mass is 9.78. The summed E-state index contributed by atoms with van der Waals surface area (Å²) < 4.78 is 5.26. The van der Waals surface area contributed by atoms with Gasteiger partial charge in [0.05, 0.1) is 6.10 Å². The first kappa shape index (κ1) is 14.0. The van der Waals surface area contributed by atoms with Crippen molar-refractivity contribution in [1.29, 1.82) is 0 Å². The van der Waals surface area contributed by atoms with E-state index in [-0.39, 0.29) is 6.10 Å². The Morgan fingerprint density at radius 2 is 2.35 bits per heavy atom. The van der Waals surface area contributed by atoms with Crippen LogP contribution in [0.5, 0.6) is 0 Å². The van der Waals surface area contributed by atoms with Crippen LogP contribution in [0.4, 0.5) is 0 Å². The maximum atomic E-state index is 11.6. The third-order valence-electron chi connectivity index (χ3n) is 3.55. The SMILES string of the molecule is CCCN(C=O)C1(C(=O)O)CCCC(OC)C1. The van der Waals surface area contributed by atoms with E-state index >= 15 is 0 Å². The molecule has 1 saturated carbocycles. The molecule has 0 spiro atoms. The highest BCUT2D eigenvalue weighted by atomic mass is 16.5. The van der Waals surface area contributed by atoms with E-state index in [0.717, 1.165) is 19.3 Å². The van der Waals surface area contributed by atoms with Gasteiger partial charge in [-0.2, -0.15) is 0 Å². The summed E-state index contributed by atoms with van der Waals surface area (Å²) >= 11 is 0. The minimum Gasteiger partial charge on any atom is -0.479 e. The van der Waals surface area contributed by atoms with Crippen molar-refractivity contribution < 1.29 is 19.4 Å². The van der Waals surface area contributed by atoms with Gasteiger partial charge >= 0.3 is 5.97 Å². The smallest absolute Gasteiger partial charge is 0.329 e. The summed E-state index contributed by atoms with van der Waals surface area (Å²) in [6.07, 6.45) is 3.89. The Kier molecular flexibility index (Phi) is 4.93. The number of ether oxygens (including phenoxy) is 1. The third-order valence-corrected chi connectivity index (χ3v) is 3.55. The molecule has 2 atom stereocenters. The van der Waals surface area contributed by atoms with Crippen LogP contribution in [0.2, 0.25) is 0 Å². The van der Waals surface area contributed by atoms with E-state index in [9.17, 15) is 14.7 Å². The monoisotopic (exact) mass is 243 g/mol. The number of amides is 1. The number of hydrogen-bond acceptors (Lipinski definition) is 3. The first-order valence-corrected chi connectivity index (χ1v) is 6.09. The van der Waals surface area contributed by atoms with E-state index in [1.54, 1.807) is 7.11 Å². The largest absolute Gasteiger partial charge is 0.479 e.